The fraction of sp³-hybridized carbons (Fsp3) is 0.429. The molecule has 1 aliphatic heterocycles. The molecule has 4 rings (SSSR count). The zero-order valence-corrected chi connectivity index (χ0v) is 17.1. The van der Waals surface area contributed by atoms with Crippen molar-refractivity contribution in [2.24, 2.45) is 0 Å². The highest BCUT2D eigenvalue weighted by Gasteiger charge is 2.25. The van der Waals surface area contributed by atoms with Crippen LogP contribution in [0.5, 0.6) is 11.6 Å². The lowest BCUT2D eigenvalue weighted by molar-refractivity contribution is 0.0887. The van der Waals surface area contributed by atoms with Crippen molar-refractivity contribution >= 4 is 17.5 Å². The second-order valence-electron chi connectivity index (χ2n) is 7.47. The number of benzene rings is 1. The van der Waals surface area contributed by atoms with E-state index >= 15 is 0 Å². The SMILES string of the molecule is N#Cc1ccc(OC2CCC(NC(=O)c3ccc(OC4CNC4)nn3)CC2)cc1Cl. The number of nitrogens with zero attached hydrogens (tertiary/aromatic N) is 3. The molecule has 2 aliphatic rings. The zero-order chi connectivity index (χ0) is 20.9. The first-order valence-electron chi connectivity index (χ1n) is 9.99. The van der Waals surface area contributed by atoms with Gasteiger partial charge in [0.25, 0.3) is 5.91 Å². The summed E-state index contributed by atoms with van der Waals surface area (Å²) in [5, 5.41) is 23.4. The lowest BCUT2D eigenvalue weighted by Crippen LogP contribution is -2.50. The van der Waals surface area contributed by atoms with Crippen molar-refractivity contribution in [3.05, 3.63) is 46.6 Å². The Balaban J connectivity index is 1.23. The highest BCUT2D eigenvalue weighted by Crippen LogP contribution is 2.27. The number of nitrogens with one attached hydrogen (secondary N) is 2. The Morgan fingerprint density at radius 3 is 2.50 bits per heavy atom. The lowest BCUT2D eigenvalue weighted by Gasteiger charge is -2.29. The average Bonchev–Trinajstić information content (AvgIpc) is 2.73. The van der Waals surface area contributed by atoms with Gasteiger partial charge in [0.05, 0.1) is 16.7 Å². The van der Waals surface area contributed by atoms with Gasteiger partial charge in [0.1, 0.15) is 17.9 Å². The highest BCUT2D eigenvalue weighted by molar-refractivity contribution is 6.31. The maximum Gasteiger partial charge on any atom is 0.272 e. The number of rotatable bonds is 6. The number of ether oxygens (including phenoxy) is 2. The summed E-state index contributed by atoms with van der Waals surface area (Å²) in [5.74, 6) is 0.850. The summed E-state index contributed by atoms with van der Waals surface area (Å²) in [4.78, 5) is 12.4. The molecule has 156 valence electrons. The van der Waals surface area contributed by atoms with Crippen molar-refractivity contribution in [1.29, 1.82) is 5.26 Å². The van der Waals surface area contributed by atoms with Gasteiger partial charge in [-0.05, 0) is 43.9 Å². The molecule has 2 fully saturated rings. The third kappa shape index (κ3) is 4.99. The number of nitriles is 1. The minimum Gasteiger partial charge on any atom is -0.490 e. The Kier molecular flexibility index (Phi) is 6.31. The fourth-order valence-corrected chi connectivity index (χ4v) is 3.67. The number of hydrogen-bond acceptors (Lipinski definition) is 7. The molecule has 0 bridgehead atoms. The Hall–Kier alpha value is -2.89. The van der Waals surface area contributed by atoms with Crippen molar-refractivity contribution in [2.75, 3.05) is 13.1 Å². The van der Waals surface area contributed by atoms with Crippen LogP contribution in [0.1, 0.15) is 41.7 Å². The van der Waals surface area contributed by atoms with E-state index in [1.54, 1.807) is 30.3 Å². The summed E-state index contributed by atoms with van der Waals surface area (Å²) < 4.78 is 11.6. The second kappa shape index (κ2) is 9.28. The monoisotopic (exact) mass is 427 g/mol. The molecule has 0 radical (unpaired) electrons. The van der Waals surface area contributed by atoms with Crippen LogP contribution in [0.15, 0.2) is 30.3 Å². The van der Waals surface area contributed by atoms with E-state index in [2.05, 4.69) is 20.8 Å². The number of halogens is 1. The van der Waals surface area contributed by atoms with Crippen molar-refractivity contribution in [2.45, 2.75) is 43.9 Å². The average molecular weight is 428 g/mol. The van der Waals surface area contributed by atoms with E-state index in [0.29, 0.717) is 22.2 Å². The van der Waals surface area contributed by atoms with Crippen LogP contribution < -0.4 is 20.1 Å². The Morgan fingerprint density at radius 1 is 1.10 bits per heavy atom. The van der Waals surface area contributed by atoms with Crippen molar-refractivity contribution in [3.8, 4) is 17.7 Å². The third-order valence-electron chi connectivity index (χ3n) is 5.28. The summed E-state index contributed by atoms with van der Waals surface area (Å²) >= 11 is 6.06. The molecule has 1 saturated heterocycles. The van der Waals surface area contributed by atoms with Crippen LogP contribution in [0, 0.1) is 11.3 Å². The molecule has 2 N–H and O–H groups in total. The molecule has 30 heavy (non-hydrogen) atoms. The summed E-state index contributed by atoms with van der Waals surface area (Å²) in [5.41, 5.74) is 0.706. The van der Waals surface area contributed by atoms with Gasteiger partial charge >= 0.3 is 0 Å². The minimum atomic E-state index is -0.234. The number of amides is 1. The van der Waals surface area contributed by atoms with Gasteiger partial charge < -0.3 is 20.1 Å². The molecule has 2 aromatic rings. The molecule has 1 aliphatic carbocycles. The molecule has 2 heterocycles. The van der Waals surface area contributed by atoms with Crippen LogP contribution in [0.4, 0.5) is 0 Å². The first-order valence-corrected chi connectivity index (χ1v) is 10.4. The van der Waals surface area contributed by atoms with Gasteiger partial charge in [-0.25, -0.2) is 0 Å². The summed E-state index contributed by atoms with van der Waals surface area (Å²) in [7, 11) is 0. The van der Waals surface area contributed by atoms with Crippen molar-refractivity contribution in [1.82, 2.24) is 20.8 Å². The second-order valence-corrected chi connectivity index (χ2v) is 7.88. The van der Waals surface area contributed by atoms with Gasteiger partial charge in [-0.15, -0.1) is 10.2 Å². The largest absolute Gasteiger partial charge is 0.490 e. The standard InChI is InChI=1S/C21H22ClN5O3/c22-18-9-16(4-1-13(18)10-23)29-15-5-2-14(3-6-15)25-21(28)19-7-8-20(27-26-19)30-17-11-24-12-17/h1,4,7-9,14-15,17,24H,2-3,5-6,11-12H2,(H,25,28). The van der Waals surface area contributed by atoms with Crippen LogP contribution in [0.2, 0.25) is 5.02 Å². The molecule has 0 atom stereocenters. The van der Waals surface area contributed by atoms with Gasteiger partial charge in [0.15, 0.2) is 5.69 Å². The normalized spacial score (nSPS) is 21.2. The number of carbonyl (C=O) groups excluding carboxylic acids is 1. The molecule has 1 saturated carbocycles. The van der Waals surface area contributed by atoms with E-state index in [-0.39, 0.29) is 29.9 Å². The Morgan fingerprint density at radius 2 is 1.90 bits per heavy atom. The van der Waals surface area contributed by atoms with Crippen LogP contribution >= 0.6 is 11.6 Å². The molecular weight excluding hydrogens is 406 g/mol. The first kappa shape index (κ1) is 20.4. The molecule has 1 aromatic carbocycles. The van der Waals surface area contributed by atoms with Gasteiger partial charge in [-0.1, -0.05) is 11.6 Å². The summed E-state index contributed by atoms with van der Waals surface area (Å²) in [6.45, 7) is 1.60. The molecule has 8 nitrogen and oxygen atoms in total. The Bertz CT molecular complexity index is 935. The predicted octanol–water partition coefficient (Wildman–Crippen LogP) is 2.47. The molecular formula is C21H22ClN5O3. The van der Waals surface area contributed by atoms with E-state index in [1.807, 2.05) is 6.07 Å². The lowest BCUT2D eigenvalue weighted by atomic mass is 9.93. The molecule has 9 heteroatoms. The summed E-state index contributed by atoms with van der Waals surface area (Å²) in [6.07, 6.45) is 3.43. The van der Waals surface area contributed by atoms with E-state index in [4.69, 9.17) is 26.3 Å². The van der Waals surface area contributed by atoms with E-state index in [9.17, 15) is 4.79 Å². The maximum absolute atomic E-state index is 12.4. The smallest absolute Gasteiger partial charge is 0.272 e. The molecule has 0 spiro atoms. The van der Waals surface area contributed by atoms with Gasteiger partial charge in [-0.2, -0.15) is 5.26 Å². The van der Waals surface area contributed by atoms with Crippen molar-refractivity contribution in [3.63, 3.8) is 0 Å². The quantitative estimate of drug-likeness (QED) is 0.728. The predicted molar refractivity (Wildman–Crippen MR) is 110 cm³/mol. The topological polar surface area (TPSA) is 109 Å². The maximum atomic E-state index is 12.4. The van der Waals surface area contributed by atoms with Crippen LogP contribution in [0.3, 0.4) is 0 Å². The van der Waals surface area contributed by atoms with Gasteiger partial charge in [0.2, 0.25) is 5.88 Å². The molecule has 0 unspecified atom stereocenters. The van der Waals surface area contributed by atoms with Crippen LogP contribution in [-0.4, -0.2) is 47.4 Å². The van der Waals surface area contributed by atoms with Crippen molar-refractivity contribution < 1.29 is 14.3 Å². The highest BCUT2D eigenvalue weighted by atomic mass is 35.5. The minimum absolute atomic E-state index is 0.0550. The number of carbonyl (C=O) groups is 1. The van der Waals surface area contributed by atoms with Gasteiger partial charge in [-0.3, -0.25) is 4.79 Å². The van der Waals surface area contributed by atoms with Gasteiger partial charge in [0, 0.05) is 31.3 Å². The molecule has 1 aromatic heterocycles. The number of hydrogen-bond donors (Lipinski definition) is 2. The van der Waals surface area contributed by atoms with E-state index in [1.165, 1.54) is 0 Å². The first-order chi connectivity index (χ1) is 14.6. The summed E-state index contributed by atoms with van der Waals surface area (Å²) in [6, 6.07) is 10.5. The van der Waals surface area contributed by atoms with Crippen LogP contribution in [0.25, 0.3) is 0 Å². The zero-order valence-electron chi connectivity index (χ0n) is 16.3. The van der Waals surface area contributed by atoms with E-state index in [0.717, 1.165) is 38.8 Å². The number of aromatic nitrogens is 2. The third-order valence-corrected chi connectivity index (χ3v) is 5.59. The van der Waals surface area contributed by atoms with Crippen LogP contribution in [-0.2, 0) is 0 Å². The molecule has 1 amide bonds. The Labute approximate surface area is 179 Å². The van der Waals surface area contributed by atoms with E-state index < -0.39 is 0 Å². The fourth-order valence-electron chi connectivity index (χ4n) is 3.46.